The highest BCUT2D eigenvalue weighted by Gasteiger charge is 2.05. The van der Waals surface area contributed by atoms with Crippen molar-refractivity contribution in [1.82, 2.24) is 0 Å². The molecule has 5 N–H and O–H groups in total. The molecule has 3 aromatic carbocycles. The van der Waals surface area contributed by atoms with E-state index in [1.54, 1.807) is 0 Å². The summed E-state index contributed by atoms with van der Waals surface area (Å²) in [7, 11) is -3.58. The van der Waals surface area contributed by atoms with Crippen LogP contribution in [0.25, 0.3) is 0 Å². The summed E-state index contributed by atoms with van der Waals surface area (Å²) in [4.78, 5) is 0.0756. The summed E-state index contributed by atoms with van der Waals surface area (Å²) >= 11 is 0. The minimum atomic E-state index is -3.58. The first kappa shape index (κ1) is 17.5. The molecular formula is C18H19N3O2S. The molecule has 24 heavy (non-hydrogen) atoms. The molecule has 124 valence electrons. The summed E-state index contributed by atoms with van der Waals surface area (Å²) in [5.41, 5.74) is 8.08. The Morgan fingerprint density at radius 2 is 1.08 bits per heavy atom. The third kappa shape index (κ3) is 5.75. The summed E-state index contributed by atoms with van der Waals surface area (Å²) in [5.74, 6) is 0. The van der Waals surface area contributed by atoms with Gasteiger partial charge in [-0.05, 0) is 48.5 Å². The summed E-state index contributed by atoms with van der Waals surface area (Å²) in [5, 5.41) is 8.14. The first-order chi connectivity index (χ1) is 11.4. The Kier molecular flexibility index (Phi) is 5.95. The lowest BCUT2D eigenvalue weighted by Crippen LogP contribution is -2.11. The van der Waals surface area contributed by atoms with Crippen molar-refractivity contribution in [2.45, 2.75) is 4.90 Å². The Bertz CT molecular complexity index is 812. The second kappa shape index (κ2) is 8.14. The largest absolute Gasteiger partial charge is 0.399 e. The number of nitrogen functional groups attached to an aromatic ring is 1. The molecule has 0 saturated heterocycles. The third-order valence-electron chi connectivity index (χ3n) is 3.04. The highest BCUT2D eigenvalue weighted by molar-refractivity contribution is 7.89. The van der Waals surface area contributed by atoms with Crippen LogP contribution in [0.1, 0.15) is 0 Å². The van der Waals surface area contributed by atoms with E-state index in [-0.39, 0.29) is 4.90 Å². The van der Waals surface area contributed by atoms with E-state index in [0.29, 0.717) is 5.69 Å². The number of rotatable bonds is 3. The maximum Gasteiger partial charge on any atom is 0.238 e. The van der Waals surface area contributed by atoms with Crippen LogP contribution in [0.15, 0.2) is 89.8 Å². The van der Waals surface area contributed by atoms with Crippen LogP contribution in [0, 0.1) is 0 Å². The highest BCUT2D eigenvalue weighted by atomic mass is 32.2. The van der Waals surface area contributed by atoms with Crippen molar-refractivity contribution >= 4 is 27.1 Å². The van der Waals surface area contributed by atoms with Crippen LogP contribution >= 0.6 is 0 Å². The minimum absolute atomic E-state index is 0.0756. The monoisotopic (exact) mass is 341 g/mol. The number of nitrogens with one attached hydrogen (secondary N) is 1. The van der Waals surface area contributed by atoms with Crippen LogP contribution in [0.4, 0.5) is 17.1 Å². The van der Waals surface area contributed by atoms with Gasteiger partial charge < -0.3 is 11.1 Å². The molecule has 0 amide bonds. The van der Waals surface area contributed by atoms with E-state index in [2.05, 4.69) is 5.32 Å². The molecule has 0 aliphatic rings. The van der Waals surface area contributed by atoms with Crippen LogP contribution in [-0.4, -0.2) is 8.42 Å². The number of primary sulfonamides is 1. The maximum absolute atomic E-state index is 10.7. The van der Waals surface area contributed by atoms with Crippen molar-refractivity contribution in [3.8, 4) is 0 Å². The molecule has 0 spiro atoms. The Morgan fingerprint density at radius 1 is 0.667 bits per heavy atom. The van der Waals surface area contributed by atoms with Gasteiger partial charge in [0.2, 0.25) is 10.0 Å². The summed E-state index contributed by atoms with van der Waals surface area (Å²) in [6.07, 6.45) is 0. The number of benzene rings is 3. The SMILES string of the molecule is Nc1ccc(S(N)(=O)=O)cc1.c1ccc(Nc2ccccc2)cc1. The van der Waals surface area contributed by atoms with E-state index in [1.165, 1.54) is 24.3 Å². The lowest BCUT2D eigenvalue weighted by Gasteiger charge is -2.04. The zero-order valence-corrected chi connectivity index (χ0v) is 13.8. The van der Waals surface area contributed by atoms with Gasteiger partial charge in [-0.3, -0.25) is 0 Å². The molecule has 3 rings (SSSR count). The van der Waals surface area contributed by atoms with Crippen molar-refractivity contribution in [3.05, 3.63) is 84.9 Å². The van der Waals surface area contributed by atoms with Crippen LogP contribution < -0.4 is 16.2 Å². The molecule has 0 heterocycles. The number of para-hydroxylation sites is 2. The normalized spacial score (nSPS) is 10.4. The summed E-state index contributed by atoms with van der Waals surface area (Å²) < 4.78 is 21.4. The standard InChI is InChI=1S/C12H11N.C6H8N2O2S/c1-3-7-11(8-4-1)13-12-9-5-2-6-10-12;7-5-1-3-6(4-2-5)11(8,9)10/h1-10,13H;1-4H,7H2,(H2,8,9,10). The van der Waals surface area contributed by atoms with E-state index in [1.807, 2.05) is 60.7 Å². The summed E-state index contributed by atoms with van der Waals surface area (Å²) in [6.45, 7) is 0. The first-order valence-electron chi connectivity index (χ1n) is 7.20. The number of hydrogen-bond donors (Lipinski definition) is 3. The van der Waals surface area contributed by atoms with Gasteiger partial charge in [0, 0.05) is 17.1 Å². The Balaban J connectivity index is 0.000000177. The predicted molar refractivity (Wildman–Crippen MR) is 98.4 cm³/mol. The second-order valence-corrected chi connectivity index (χ2v) is 6.53. The Labute approximate surface area is 142 Å². The fourth-order valence-electron chi connectivity index (χ4n) is 1.87. The molecule has 6 heteroatoms. The molecule has 0 aliphatic heterocycles. The average Bonchev–Trinajstić information content (AvgIpc) is 2.57. The van der Waals surface area contributed by atoms with Gasteiger partial charge in [-0.25, -0.2) is 13.6 Å². The van der Waals surface area contributed by atoms with Gasteiger partial charge in [-0.2, -0.15) is 0 Å². The van der Waals surface area contributed by atoms with Crippen molar-refractivity contribution in [3.63, 3.8) is 0 Å². The lowest BCUT2D eigenvalue weighted by atomic mass is 10.3. The fraction of sp³-hybridized carbons (Fsp3) is 0. The van der Waals surface area contributed by atoms with Crippen LogP contribution in [-0.2, 0) is 10.0 Å². The quantitative estimate of drug-likeness (QED) is 0.636. The van der Waals surface area contributed by atoms with E-state index in [4.69, 9.17) is 10.9 Å². The molecule has 0 radical (unpaired) electrons. The number of hydrogen-bond acceptors (Lipinski definition) is 4. The lowest BCUT2D eigenvalue weighted by molar-refractivity contribution is 0.598. The summed E-state index contributed by atoms with van der Waals surface area (Å²) in [6, 6.07) is 26.0. The van der Waals surface area contributed by atoms with E-state index in [9.17, 15) is 8.42 Å². The van der Waals surface area contributed by atoms with E-state index >= 15 is 0 Å². The molecular weight excluding hydrogens is 322 g/mol. The molecule has 0 aromatic heterocycles. The van der Waals surface area contributed by atoms with Crippen molar-refractivity contribution in [2.24, 2.45) is 5.14 Å². The zero-order valence-electron chi connectivity index (χ0n) is 13.0. The number of nitrogens with two attached hydrogens (primary N) is 2. The first-order valence-corrected chi connectivity index (χ1v) is 8.75. The molecule has 0 unspecified atom stereocenters. The average molecular weight is 341 g/mol. The predicted octanol–water partition coefficient (Wildman–Crippen LogP) is 3.35. The molecule has 0 aliphatic carbocycles. The van der Waals surface area contributed by atoms with Crippen LogP contribution in [0.2, 0.25) is 0 Å². The van der Waals surface area contributed by atoms with Gasteiger partial charge in [0.15, 0.2) is 0 Å². The number of anilines is 3. The smallest absolute Gasteiger partial charge is 0.238 e. The third-order valence-corrected chi connectivity index (χ3v) is 3.97. The van der Waals surface area contributed by atoms with Gasteiger partial charge in [0.25, 0.3) is 0 Å². The van der Waals surface area contributed by atoms with Gasteiger partial charge in [-0.15, -0.1) is 0 Å². The molecule has 0 atom stereocenters. The van der Waals surface area contributed by atoms with Crippen LogP contribution in [0.5, 0.6) is 0 Å². The second-order valence-electron chi connectivity index (χ2n) is 4.97. The molecule has 0 saturated carbocycles. The fourth-order valence-corrected chi connectivity index (χ4v) is 2.38. The van der Waals surface area contributed by atoms with Crippen molar-refractivity contribution in [2.75, 3.05) is 11.1 Å². The zero-order chi connectivity index (χ0) is 17.4. The van der Waals surface area contributed by atoms with Gasteiger partial charge in [-0.1, -0.05) is 36.4 Å². The highest BCUT2D eigenvalue weighted by Crippen LogP contribution is 2.14. The molecule has 3 aromatic rings. The molecule has 0 bridgehead atoms. The minimum Gasteiger partial charge on any atom is -0.399 e. The Morgan fingerprint density at radius 3 is 1.46 bits per heavy atom. The van der Waals surface area contributed by atoms with Crippen molar-refractivity contribution < 1.29 is 8.42 Å². The van der Waals surface area contributed by atoms with E-state index < -0.39 is 10.0 Å². The topological polar surface area (TPSA) is 98.2 Å². The van der Waals surface area contributed by atoms with Crippen molar-refractivity contribution in [1.29, 1.82) is 0 Å². The van der Waals surface area contributed by atoms with Gasteiger partial charge in [0.1, 0.15) is 0 Å². The van der Waals surface area contributed by atoms with Crippen LogP contribution in [0.3, 0.4) is 0 Å². The Hall–Kier alpha value is -2.83. The van der Waals surface area contributed by atoms with E-state index in [0.717, 1.165) is 11.4 Å². The van der Waals surface area contributed by atoms with Gasteiger partial charge >= 0.3 is 0 Å². The number of sulfonamides is 1. The van der Waals surface area contributed by atoms with Gasteiger partial charge in [0.05, 0.1) is 4.90 Å². The maximum atomic E-state index is 10.7. The molecule has 5 nitrogen and oxygen atoms in total. The molecule has 0 fully saturated rings.